The maximum atomic E-state index is 13.0. The van der Waals surface area contributed by atoms with Crippen molar-refractivity contribution in [3.63, 3.8) is 0 Å². The minimum atomic E-state index is -0.804. The molecule has 3 aromatic heterocycles. The van der Waals surface area contributed by atoms with Crippen LogP contribution in [0.1, 0.15) is 46.6 Å². The molecule has 180 valence electrons. The van der Waals surface area contributed by atoms with E-state index in [0.29, 0.717) is 22.6 Å². The first kappa shape index (κ1) is 24.2. The van der Waals surface area contributed by atoms with E-state index in [4.69, 9.17) is 11.5 Å². The van der Waals surface area contributed by atoms with E-state index in [1.165, 1.54) is 12.4 Å². The lowest BCUT2D eigenvalue weighted by Crippen LogP contribution is -2.18. The first-order chi connectivity index (χ1) is 17.2. The monoisotopic (exact) mass is 477 g/mol. The molecular weight excluding hydrogens is 450 g/mol. The zero-order valence-electron chi connectivity index (χ0n) is 20.3. The number of anilines is 1. The highest BCUT2D eigenvalue weighted by Crippen LogP contribution is 2.28. The molecule has 8 heteroatoms. The topological polar surface area (TPSA) is 146 Å². The van der Waals surface area contributed by atoms with Crippen molar-refractivity contribution in [2.45, 2.75) is 26.2 Å². The van der Waals surface area contributed by atoms with Crippen LogP contribution in [0.25, 0.3) is 22.3 Å². The number of nitrogens with one attached hydrogen (secondary N) is 2. The molecule has 0 aliphatic carbocycles. The molecule has 0 fully saturated rings. The number of rotatable bonds is 6. The van der Waals surface area contributed by atoms with Crippen LogP contribution in [0.5, 0.6) is 0 Å². The maximum absolute atomic E-state index is 13.0. The number of aromatic nitrogens is 3. The van der Waals surface area contributed by atoms with Crippen molar-refractivity contribution in [3.05, 3.63) is 101 Å². The first-order valence-electron chi connectivity index (χ1n) is 11.3. The Morgan fingerprint density at radius 3 is 2.64 bits per heavy atom. The highest BCUT2D eigenvalue weighted by Gasteiger charge is 2.22. The third kappa shape index (κ3) is 4.81. The van der Waals surface area contributed by atoms with Gasteiger partial charge in [-0.25, -0.2) is 4.98 Å². The summed E-state index contributed by atoms with van der Waals surface area (Å²) in [4.78, 5) is 24.6. The van der Waals surface area contributed by atoms with E-state index in [2.05, 4.69) is 26.3 Å². The molecule has 0 aliphatic heterocycles. The number of fused-ring (bicyclic) bond motifs is 1. The van der Waals surface area contributed by atoms with E-state index in [1.807, 2.05) is 49.5 Å². The van der Waals surface area contributed by atoms with Gasteiger partial charge in [0.1, 0.15) is 5.65 Å². The van der Waals surface area contributed by atoms with Crippen LogP contribution in [0.3, 0.4) is 0 Å². The van der Waals surface area contributed by atoms with Crippen molar-refractivity contribution in [2.24, 2.45) is 11.5 Å². The highest BCUT2D eigenvalue weighted by molar-refractivity contribution is 6.04. The Balaban J connectivity index is 1.62. The van der Waals surface area contributed by atoms with Gasteiger partial charge < -0.3 is 21.8 Å². The van der Waals surface area contributed by atoms with Crippen molar-refractivity contribution in [1.82, 2.24) is 15.0 Å². The molecule has 0 spiro atoms. The lowest BCUT2D eigenvalue weighted by Gasteiger charge is -2.15. The fourth-order valence-electron chi connectivity index (χ4n) is 3.86. The minimum absolute atomic E-state index is 0.307. The number of pyridine rings is 2. The Morgan fingerprint density at radius 2 is 1.89 bits per heavy atom. The molecule has 3 heterocycles. The van der Waals surface area contributed by atoms with Gasteiger partial charge in [-0.05, 0) is 79.9 Å². The third-order valence-electron chi connectivity index (χ3n) is 6.01. The van der Waals surface area contributed by atoms with Gasteiger partial charge in [-0.3, -0.25) is 9.78 Å². The molecule has 0 saturated carbocycles. The SMILES string of the molecule is Cc1ccc(NC(=O)c2ccnc(C(C)(C)C#N)c2)cc1/C(N)=C/C(=C\N)c1ccnc2[nH]ccc12. The van der Waals surface area contributed by atoms with Crippen molar-refractivity contribution < 1.29 is 4.79 Å². The van der Waals surface area contributed by atoms with Crippen LogP contribution in [-0.4, -0.2) is 20.9 Å². The Labute approximate surface area is 209 Å². The lowest BCUT2D eigenvalue weighted by atomic mass is 9.90. The molecule has 0 unspecified atom stereocenters. The fourth-order valence-corrected chi connectivity index (χ4v) is 3.86. The zero-order chi connectivity index (χ0) is 25.9. The molecule has 0 saturated heterocycles. The highest BCUT2D eigenvalue weighted by atomic mass is 16.1. The van der Waals surface area contributed by atoms with Gasteiger partial charge in [-0.15, -0.1) is 0 Å². The summed E-state index contributed by atoms with van der Waals surface area (Å²) in [5.41, 5.74) is 17.8. The van der Waals surface area contributed by atoms with Crippen LogP contribution in [0.15, 0.2) is 73.3 Å². The summed E-state index contributed by atoms with van der Waals surface area (Å²) in [6.07, 6.45) is 8.40. The predicted molar refractivity (Wildman–Crippen MR) is 142 cm³/mol. The molecule has 36 heavy (non-hydrogen) atoms. The number of benzene rings is 1. The van der Waals surface area contributed by atoms with Crippen molar-refractivity contribution >= 4 is 33.9 Å². The summed E-state index contributed by atoms with van der Waals surface area (Å²) in [7, 11) is 0. The number of carbonyl (C=O) groups excluding carboxylic acids is 1. The molecule has 1 amide bonds. The number of carbonyl (C=O) groups is 1. The standard InChI is InChI=1S/C28H27N7O/c1-17-4-5-20(35-27(36)18-6-9-32-25(13-18)28(2,3)16-30)14-23(17)24(31)12-19(15-29)21-7-10-33-26-22(21)8-11-34-26/h4-15H,29,31H2,1-3H3,(H,33,34)(H,35,36)/b19-15+,24-12-. The average molecular weight is 478 g/mol. The van der Waals surface area contributed by atoms with Crippen molar-refractivity contribution in [2.75, 3.05) is 5.32 Å². The summed E-state index contributed by atoms with van der Waals surface area (Å²) in [6, 6.07) is 14.8. The van der Waals surface area contributed by atoms with Crippen molar-refractivity contribution in [3.8, 4) is 6.07 Å². The van der Waals surface area contributed by atoms with E-state index in [0.717, 1.165) is 33.3 Å². The second-order valence-corrected chi connectivity index (χ2v) is 8.97. The van der Waals surface area contributed by atoms with Gasteiger partial charge in [0.25, 0.3) is 5.91 Å². The largest absolute Gasteiger partial charge is 0.404 e. The smallest absolute Gasteiger partial charge is 0.255 e. The van der Waals surface area contributed by atoms with Gasteiger partial charge in [0.2, 0.25) is 0 Å². The number of aromatic amines is 1. The molecule has 8 nitrogen and oxygen atoms in total. The van der Waals surface area contributed by atoms with Crippen LogP contribution >= 0.6 is 0 Å². The fraction of sp³-hybridized carbons (Fsp3) is 0.143. The van der Waals surface area contributed by atoms with E-state index >= 15 is 0 Å². The molecule has 4 rings (SSSR count). The number of nitriles is 1. The molecule has 6 N–H and O–H groups in total. The van der Waals surface area contributed by atoms with E-state index in [9.17, 15) is 10.1 Å². The van der Waals surface area contributed by atoms with Gasteiger partial charge in [0, 0.05) is 52.7 Å². The van der Waals surface area contributed by atoms with Gasteiger partial charge in [0.15, 0.2) is 0 Å². The summed E-state index contributed by atoms with van der Waals surface area (Å²) in [5.74, 6) is -0.307. The third-order valence-corrected chi connectivity index (χ3v) is 6.01. The zero-order valence-corrected chi connectivity index (χ0v) is 20.3. The van der Waals surface area contributed by atoms with Crippen LogP contribution in [0, 0.1) is 18.3 Å². The number of amides is 1. The second kappa shape index (κ2) is 9.76. The Hall–Kier alpha value is -4.90. The van der Waals surface area contributed by atoms with Gasteiger partial charge in [0.05, 0.1) is 17.2 Å². The molecular formula is C28H27N7O. The predicted octanol–water partition coefficient (Wildman–Crippen LogP) is 4.62. The molecule has 4 aromatic rings. The van der Waals surface area contributed by atoms with Crippen LogP contribution in [0.4, 0.5) is 5.69 Å². The maximum Gasteiger partial charge on any atom is 0.255 e. The number of aryl methyl sites for hydroxylation is 1. The van der Waals surface area contributed by atoms with Crippen LogP contribution in [0.2, 0.25) is 0 Å². The Kier molecular flexibility index (Phi) is 6.57. The van der Waals surface area contributed by atoms with E-state index in [1.54, 1.807) is 32.2 Å². The summed E-state index contributed by atoms with van der Waals surface area (Å²) in [6.45, 7) is 5.47. The Morgan fingerprint density at radius 1 is 1.11 bits per heavy atom. The molecule has 0 bridgehead atoms. The van der Waals surface area contributed by atoms with Gasteiger partial charge in [-0.1, -0.05) is 6.07 Å². The lowest BCUT2D eigenvalue weighted by molar-refractivity contribution is 0.102. The number of nitrogens with zero attached hydrogens (tertiary/aromatic N) is 3. The average Bonchev–Trinajstić information content (AvgIpc) is 3.37. The van der Waals surface area contributed by atoms with E-state index in [-0.39, 0.29) is 5.91 Å². The number of H-pyrrole nitrogens is 1. The van der Waals surface area contributed by atoms with Crippen LogP contribution in [-0.2, 0) is 5.41 Å². The number of hydrogen-bond donors (Lipinski definition) is 4. The normalized spacial score (nSPS) is 12.4. The summed E-state index contributed by atoms with van der Waals surface area (Å²) < 4.78 is 0. The van der Waals surface area contributed by atoms with Crippen LogP contribution < -0.4 is 16.8 Å². The van der Waals surface area contributed by atoms with E-state index < -0.39 is 5.41 Å². The number of hydrogen-bond acceptors (Lipinski definition) is 6. The van der Waals surface area contributed by atoms with Gasteiger partial charge >= 0.3 is 0 Å². The minimum Gasteiger partial charge on any atom is -0.404 e. The molecule has 0 aliphatic rings. The summed E-state index contributed by atoms with van der Waals surface area (Å²) in [5, 5.41) is 13.2. The summed E-state index contributed by atoms with van der Waals surface area (Å²) >= 11 is 0. The number of nitrogens with two attached hydrogens (primary N) is 2. The second-order valence-electron chi connectivity index (χ2n) is 8.97. The quantitative estimate of drug-likeness (QED) is 0.298. The molecule has 0 atom stereocenters. The number of allylic oxidation sites excluding steroid dienone is 2. The first-order valence-corrected chi connectivity index (χ1v) is 11.3. The van der Waals surface area contributed by atoms with Crippen molar-refractivity contribution in [1.29, 1.82) is 5.26 Å². The molecule has 0 radical (unpaired) electrons. The molecule has 1 aromatic carbocycles. The van der Waals surface area contributed by atoms with Gasteiger partial charge in [-0.2, -0.15) is 5.26 Å². The Bertz CT molecular complexity index is 1550.